The van der Waals surface area contributed by atoms with Gasteiger partial charge in [0.15, 0.2) is 0 Å². The van der Waals surface area contributed by atoms with Gasteiger partial charge in [0.1, 0.15) is 0 Å². The predicted molar refractivity (Wildman–Crippen MR) is 96.1 cm³/mol. The molecule has 20 heavy (non-hydrogen) atoms. The Hall–Kier alpha value is -0.780. The normalized spacial score (nSPS) is 22.7. The van der Waals surface area contributed by atoms with Crippen LogP contribution in [0.3, 0.4) is 0 Å². The average molecular weight is 279 g/mol. The summed E-state index contributed by atoms with van der Waals surface area (Å²) >= 11 is 0. The van der Waals surface area contributed by atoms with Gasteiger partial charge in [-0.05, 0) is 37.5 Å². The summed E-state index contributed by atoms with van der Waals surface area (Å²) in [6.07, 6.45) is 14.1. The van der Waals surface area contributed by atoms with Crippen LogP contribution in [0.4, 0.5) is 0 Å². The second kappa shape index (κ2) is 14.6. The van der Waals surface area contributed by atoms with Crippen LogP contribution in [0.1, 0.15) is 74.1 Å². The lowest BCUT2D eigenvalue weighted by Crippen LogP contribution is -2.09. The van der Waals surface area contributed by atoms with E-state index in [1.165, 1.54) is 31.3 Å². The van der Waals surface area contributed by atoms with E-state index >= 15 is 0 Å². The first kappa shape index (κ1) is 21.5. The third kappa shape index (κ3) is 15.3. The van der Waals surface area contributed by atoms with Crippen molar-refractivity contribution in [2.45, 2.75) is 74.1 Å². The molecule has 0 aromatic rings. The molecule has 1 fully saturated rings. The van der Waals surface area contributed by atoms with Crippen molar-refractivity contribution in [3.8, 4) is 0 Å². The second-order valence-corrected chi connectivity index (χ2v) is 6.25. The number of allylic oxidation sites excluding steroid dienone is 5. The lowest BCUT2D eigenvalue weighted by molar-refractivity contribution is 0.330. The Bertz CT molecular complexity index is 257. The van der Waals surface area contributed by atoms with Crippen molar-refractivity contribution in [2.75, 3.05) is 0 Å². The van der Waals surface area contributed by atoms with Gasteiger partial charge in [0.25, 0.3) is 0 Å². The molecule has 1 saturated carbocycles. The zero-order valence-corrected chi connectivity index (χ0v) is 15.1. The molecule has 0 spiro atoms. The van der Waals surface area contributed by atoms with Crippen molar-refractivity contribution in [3.05, 3.63) is 36.5 Å². The van der Waals surface area contributed by atoms with Gasteiger partial charge < -0.3 is 0 Å². The van der Waals surface area contributed by atoms with E-state index < -0.39 is 0 Å². The van der Waals surface area contributed by atoms with Crippen LogP contribution in [0.25, 0.3) is 0 Å². The van der Waals surface area contributed by atoms with Gasteiger partial charge >= 0.3 is 0 Å². The Morgan fingerprint density at radius 2 is 1.50 bits per heavy atom. The van der Waals surface area contributed by atoms with Crippen LogP contribution >= 0.6 is 0 Å². The maximum absolute atomic E-state index is 3.73. The third-order valence-corrected chi connectivity index (χ3v) is 3.12. The summed E-state index contributed by atoms with van der Waals surface area (Å²) in [5, 5.41) is 0. The van der Waals surface area contributed by atoms with Crippen LogP contribution in [-0.2, 0) is 0 Å². The second-order valence-electron chi connectivity index (χ2n) is 6.25. The Morgan fingerprint density at radius 1 is 1.05 bits per heavy atom. The van der Waals surface area contributed by atoms with Crippen molar-refractivity contribution in [1.82, 2.24) is 0 Å². The summed E-state index contributed by atoms with van der Waals surface area (Å²) in [6, 6.07) is 0. The van der Waals surface area contributed by atoms with Crippen molar-refractivity contribution < 1.29 is 0 Å². The highest BCUT2D eigenvalue weighted by Crippen LogP contribution is 2.28. The summed E-state index contributed by atoms with van der Waals surface area (Å²) in [4.78, 5) is 0. The zero-order valence-electron chi connectivity index (χ0n) is 15.1. The van der Waals surface area contributed by atoms with E-state index in [1.807, 2.05) is 19.9 Å². The van der Waals surface area contributed by atoms with Gasteiger partial charge in [-0.3, -0.25) is 0 Å². The standard InChI is InChI=1S/C14H22.C4H10.C2H6/c1-4-12(2)6-5-7-14-10-8-13(3)9-11-14;1-4(2)3;1-2/h4-7,13-14H,1,8-11H2,2-3H3;4H,1-3H3;1-2H3/b7-5+,12-6-;;. The predicted octanol–water partition coefficient (Wildman–Crippen LogP) is 7.19. The topological polar surface area (TPSA) is 0 Å². The van der Waals surface area contributed by atoms with Crippen LogP contribution in [0, 0.1) is 17.8 Å². The summed E-state index contributed by atoms with van der Waals surface area (Å²) in [6.45, 7) is 18.7. The first-order valence-electron chi connectivity index (χ1n) is 8.43. The van der Waals surface area contributed by atoms with E-state index in [-0.39, 0.29) is 0 Å². The number of hydrogen-bond donors (Lipinski definition) is 0. The molecule has 0 nitrogen and oxygen atoms in total. The molecule has 0 aromatic carbocycles. The fourth-order valence-corrected chi connectivity index (χ4v) is 1.91. The Balaban J connectivity index is 0. The molecule has 0 heteroatoms. The molecule has 0 amide bonds. The van der Waals surface area contributed by atoms with Crippen LogP contribution in [0.2, 0.25) is 0 Å². The minimum absolute atomic E-state index is 0.820. The van der Waals surface area contributed by atoms with E-state index in [2.05, 4.69) is 59.4 Å². The monoisotopic (exact) mass is 278 g/mol. The van der Waals surface area contributed by atoms with Gasteiger partial charge in [-0.2, -0.15) is 0 Å². The molecule has 0 aliphatic heterocycles. The summed E-state index contributed by atoms with van der Waals surface area (Å²) < 4.78 is 0. The first-order chi connectivity index (χ1) is 9.45. The first-order valence-corrected chi connectivity index (χ1v) is 8.43. The molecule has 0 radical (unpaired) electrons. The molecular formula is C20H38. The fraction of sp³-hybridized carbons (Fsp3) is 0.700. The zero-order chi connectivity index (χ0) is 16.0. The third-order valence-electron chi connectivity index (χ3n) is 3.12. The molecule has 0 saturated heterocycles. The van der Waals surface area contributed by atoms with E-state index in [0.717, 1.165) is 17.8 Å². The Kier molecular flexibility index (Phi) is 15.7. The van der Waals surface area contributed by atoms with E-state index in [4.69, 9.17) is 0 Å². The summed E-state index contributed by atoms with van der Waals surface area (Å²) in [7, 11) is 0. The highest BCUT2D eigenvalue weighted by Gasteiger charge is 2.15. The average Bonchev–Trinajstić information content (AvgIpc) is 2.42. The summed E-state index contributed by atoms with van der Waals surface area (Å²) in [5.74, 6) is 2.60. The molecule has 0 bridgehead atoms. The maximum atomic E-state index is 3.73. The quantitative estimate of drug-likeness (QED) is 0.479. The van der Waals surface area contributed by atoms with Crippen molar-refractivity contribution in [3.63, 3.8) is 0 Å². The fourth-order valence-electron chi connectivity index (χ4n) is 1.91. The van der Waals surface area contributed by atoms with E-state index in [9.17, 15) is 0 Å². The largest absolute Gasteiger partial charge is 0.0988 e. The molecular weight excluding hydrogens is 240 g/mol. The highest BCUT2D eigenvalue weighted by molar-refractivity contribution is 5.19. The molecule has 0 N–H and O–H groups in total. The van der Waals surface area contributed by atoms with Gasteiger partial charge in [0.2, 0.25) is 0 Å². The molecule has 118 valence electrons. The Morgan fingerprint density at radius 3 is 1.90 bits per heavy atom. The molecule has 0 atom stereocenters. The molecule has 1 rings (SSSR count). The van der Waals surface area contributed by atoms with Gasteiger partial charge in [0, 0.05) is 0 Å². The molecule has 1 aliphatic rings. The van der Waals surface area contributed by atoms with Crippen LogP contribution < -0.4 is 0 Å². The lowest BCUT2D eigenvalue weighted by atomic mass is 9.83. The smallest absolute Gasteiger partial charge is 0.0230 e. The van der Waals surface area contributed by atoms with Gasteiger partial charge in [0.05, 0.1) is 0 Å². The molecule has 0 aromatic heterocycles. The van der Waals surface area contributed by atoms with E-state index in [1.54, 1.807) is 0 Å². The van der Waals surface area contributed by atoms with Gasteiger partial charge in [-0.15, -0.1) is 0 Å². The minimum atomic E-state index is 0.820. The van der Waals surface area contributed by atoms with Crippen molar-refractivity contribution >= 4 is 0 Å². The van der Waals surface area contributed by atoms with Gasteiger partial charge in [-0.25, -0.2) is 0 Å². The Labute approximate surface area is 129 Å². The SMILES string of the molecule is C=C/C(C)=C\C=C\C1CCC(C)CC1.CC.CC(C)C. The minimum Gasteiger partial charge on any atom is -0.0988 e. The summed E-state index contributed by atoms with van der Waals surface area (Å²) in [5.41, 5.74) is 1.24. The van der Waals surface area contributed by atoms with Crippen LogP contribution in [0.5, 0.6) is 0 Å². The van der Waals surface area contributed by atoms with Crippen LogP contribution in [-0.4, -0.2) is 0 Å². The molecule has 1 aliphatic carbocycles. The maximum Gasteiger partial charge on any atom is -0.0230 e. The van der Waals surface area contributed by atoms with Gasteiger partial charge in [-0.1, -0.05) is 90.8 Å². The van der Waals surface area contributed by atoms with Crippen molar-refractivity contribution in [2.24, 2.45) is 17.8 Å². The number of rotatable bonds is 3. The van der Waals surface area contributed by atoms with Crippen LogP contribution in [0.15, 0.2) is 36.5 Å². The van der Waals surface area contributed by atoms with Crippen molar-refractivity contribution in [1.29, 1.82) is 0 Å². The van der Waals surface area contributed by atoms with E-state index in [0.29, 0.717) is 0 Å². The highest BCUT2D eigenvalue weighted by atomic mass is 14.2. The molecule has 0 unspecified atom stereocenters. The lowest BCUT2D eigenvalue weighted by Gasteiger charge is -2.23. The number of hydrogen-bond acceptors (Lipinski definition) is 0. The molecule has 0 heterocycles.